The van der Waals surface area contributed by atoms with E-state index in [9.17, 15) is 0 Å². The van der Waals surface area contributed by atoms with Gasteiger partial charge in [0.05, 0.1) is 0 Å². The summed E-state index contributed by atoms with van der Waals surface area (Å²) in [5.74, 6) is 6.56. The van der Waals surface area contributed by atoms with Gasteiger partial charge >= 0.3 is 0 Å². The van der Waals surface area contributed by atoms with Crippen LogP contribution in [0, 0.1) is 11.8 Å². The Hall–Kier alpha value is -0.220. The van der Waals surface area contributed by atoms with Gasteiger partial charge in [0.15, 0.2) is 0 Å². The molecule has 60 valence electrons. The fraction of sp³-hybridized carbons (Fsp3) is 0.600. The molecule has 1 heterocycles. The molecular formula is C10H15P. The normalized spacial score (nSPS) is 36.9. The molecule has 0 nitrogen and oxygen atoms in total. The fourth-order valence-corrected chi connectivity index (χ4v) is 3.40. The van der Waals surface area contributed by atoms with Gasteiger partial charge in [-0.3, -0.25) is 0 Å². The zero-order valence-corrected chi connectivity index (χ0v) is 8.22. The Kier molecular flexibility index (Phi) is 1.81. The molecule has 0 fully saturated rings. The van der Waals surface area contributed by atoms with Crippen molar-refractivity contribution >= 4 is 19.4 Å². The van der Waals surface area contributed by atoms with Crippen LogP contribution in [0.25, 0.3) is 0 Å². The molecule has 2 unspecified atom stereocenters. The summed E-state index contributed by atoms with van der Waals surface area (Å²) in [6.45, 7) is 4.72. The molecule has 11 heavy (non-hydrogen) atoms. The Labute approximate surface area is 69.8 Å². The van der Waals surface area contributed by atoms with E-state index in [1.54, 1.807) is 11.1 Å². The van der Waals surface area contributed by atoms with E-state index in [-0.39, 0.29) is 0 Å². The number of allylic oxidation sites excluding steroid dienone is 2. The average molecular weight is 166 g/mol. The van der Waals surface area contributed by atoms with Crippen LogP contribution in [0.5, 0.6) is 0 Å². The Morgan fingerprint density at radius 3 is 2.00 bits per heavy atom. The molecule has 2 aliphatic rings. The molecule has 2 atom stereocenters. The predicted octanol–water partition coefficient (Wildman–Crippen LogP) is 2.65. The van der Waals surface area contributed by atoms with Gasteiger partial charge in [-0.2, -0.15) is 0 Å². The van der Waals surface area contributed by atoms with Crippen LogP contribution >= 0.6 is 7.83 Å². The summed E-state index contributed by atoms with van der Waals surface area (Å²) in [6.07, 6.45) is 2.80. The van der Waals surface area contributed by atoms with Gasteiger partial charge in [0.1, 0.15) is 0 Å². The van der Waals surface area contributed by atoms with Crippen molar-refractivity contribution in [3.05, 3.63) is 11.1 Å². The molecule has 0 aromatic carbocycles. The van der Waals surface area contributed by atoms with Crippen molar-refractivity contribution in [3.8, 4) is 0 Å². The third kappa shape index (κ3) is 1.14. The average Bonchev–Trinajstić information content (AvgIpc) is 2.45. The topological polar surface area (TPSA) is 0 Å². The Balaban J connectivity index is 2.38. The first-order chi connectivity index (χ1) is 5.29. The van der Waals surface area contributed by atoms with Crippen LogP contribution in [0.4, 0.5) is 0 Å². The minimum Gasteiger partial charge on any atom is -0.139 e. The lowest BCUT2D eigenvalue weighted by Gasteiger charge is -2.25. The van der Waals surface area contributed by atoms with Crippen molar-refractivity contribution in [3.63, 3.8) is 0 Å². The van der Waals surface area contributed by atoms with E-state index in [4.69, 9.17) is 0 Å². The molecule has 0 aromatic heterocycles. The van der Waals surface area contributed by atoms with E-state index in [1.807, 2.05) is 0 Å². The summed E-state index contributed by atoms with van der Waals surface area (Å²) in [6, 6.07) is 0. The molecule has 0 spiro atoms. The third-order valence-corrected chi connectivity index (χ3v) is 3.86. The second kappa shape index (κ2) is 2.68. The summed E-state index contributed by atoms with van der Waals surface area (Å²) >= 11 is 0. The van der Waals surface area contributed by atoms with Crippen LogP contribution in [0.2, 0.25) is 0 Å². The van der Waals surface area contributed by atoms with Gasteiger partial charge in [0.25, 0.3) is 0 Å². The van der Waals surface area contributed by atoms with Crippen LogP contribution in [-0.4, -0.2) is 11.6 Å². The highest BCUT2D eigenvalue weighted by Crippen LogP contribution is 2.34. The fourth-order valence-electron chi connectivity index (χ4n) is 2.05. The molecule has 0 aromatic rings. The zero-order valence-electron chi connectivity index (χ0n) is 7.22. The van der Waals surface area contributed by atoms with Crippen molar-refractivity contribution in [1.29, 1.82) is 0 Å². The SMILES string of the molecule is CC1CCC(C)C2=C1C=[PH]=C2. The molecule has 1 aliphatic heterocycles. The molecule has 1 heteroatoms. The van der Waals surface area contributed by atoms with Gasteiger partial charge < -0.3 is 0 Å². The Morgan fingerprint density at radius 2 is 1.55 bits per heavy atom. The Bertz CT molecular complexity index is 243. The molecule has 0 saturated carbocycles. The molecule has 0 bridgehead atoms. The van der Waals surface area contributed by atoms with E-state index < -0.39 is 0 Å². The second-order valence-electron chi connectivity index (χ2n) is 3.75. The number of hydrogen-bond acceptors (Lipinski definition) is 0. The largest absolute Gasteiger partial charge is 0.139 e. The minimum atomic E-state index is 0.840. The van der Waals surface area contributed by atoms with Crippen LogP contribution in [0.1, 0.15) is 26.7 Å². The summed E-state index contributed by atoms with van der Waals surface area (Å²) in [7, 11) is 0.971. The molecule has 0 saturated heterocycles. The first kappa shape index (κ1) is 7.43. The summed E-state index contributed by atoms with van der Waals surface area (Å²) in [4.78, 5) is 0. The first-order valence-corrected chi connectivity index (χ1v) is 5.61. The van der Waals surface area contributed by atoms with Crippen molar-refractivity contribution < 1.29 is 0 Å². The third-order valence-electron chi connectivity index (χ3n) is 2.91. The monoisotopic (exact) mass is 166 g/mol. The summed E-state index contributed by atoms with van der Waals surface area (Å²) in [5.41, 5.74) is 3.34. The quantitative estimate of drug-likeness (QED) is 0.485. The Morgan fingerprint density at radius 1 is 1.09 bits per heavy atom. The number of rotatable bonds is 0. The maximum Gasteiger partial charge on any atom is -0.0184 e. The maximum atomic E-state index is 2.44. The lowest BCUT2D eigenvalue weighted by Crippen LogP contribution is -2.15. The van der Waals surface area contributed by atoms with Crippen molar-refractivity contribution in [2.75, 3.05) is 0 Å². The van der Waals surface area contributed by atoms with Gasteiger partial charge in [-0.25, -0.2) is 0 Å². The van der Waals surface area contributed by atoms with E-state index in [1.165, 1.54) is 12.8 Å². The zero-order chi connectivity index (χ0) is 7.84. The minimum absolute atomic E-state index is 0.840. The summed E-state index contributed by atoms with van der Waals surface area (Å²) in [5, 5.41) is 0. The smallest absolute Gasteiger partial charge is 0.0184 e. The van der Waals surface area contributed by atoms with Crippen molar-refractivity contribution in [2.45, 2.75) is 26.7 Å². The van der Waals surface area contributed by atoms with Crippen LogP contribution in [-0.2, 0) is 0 Å². The van der Waals surface area contributed by atoms with E-state index in [0.29, 0.717) is 0 Å². The van der Waals surface area contributed by atoms with Gasteiger partial charge in [0, 0.05) is 0 Å². The van der Waals surface area contributed by atoms with Crippen LogP contribution in [0.3, 0.4) is 0 Å². The maximum absolute atomic E-state index is 2.44. The van der Waals surface area contributed by atoms with Gasteiger partial charge in [0.2, 0.25) is 0 Å². The highest BCUT2D eigenvalue weighted by Gasteiger charge is 2.22. The van der Waals surface area contributed by atoms with Gasteiger partial charge in [-0.1, -0.05) is 13.8 Å². The van der Waals surface area contributed by atoms with E-state index in [2.05, 4.69) is 25.4 Å². The van der Waals surface area contributed by atoms with Gasteiger partial charge in [-0.05, 0) is 47.4 Å². The molecule has 2 rings (SSSR count). The lowest BCUT2D eigenvalue weighted by atomic mass is 9.80. The molecule has 0 N–H and O–H groups in total. The molecule has 0 amide bonds. The van der Waals surface area contributed by atoms with Crippen molar-refractivity contribution in [2.24, 2.45) is 11.8 Å². The molecular weight excluding hydrogens is 151 g/mol. The lowest BCUT2D eigenvalue weighted by molar-refractivity contribution is 0.484. The highest BCUT2D eigenvalue weighted by atomic mass is 31.0. The van der Waals surface area contributed by atoms with E-state index >= 15 is 0 Å². The summed E-state index contributed by atoms with van der Waals surface area (Å²) < 4.78 is 0. The second-order valence-corrected chi connectivity index (χ2v) is 4.66. The number of hydrogen-bond donors (Lipinski definition) is 0. The van der Waals surface area contributed by atoms with Crippen molar-refractivity contribution in [1.82, 2.24) is 0 Å². The van der Waals surface area contributed by atoms with Crippen LogP contribution in [0.15, 0.2) is 11.1 Å². The van der Waals surface area contributed by atoms with E-state index in [0.717, 1.165) is 19.7 Å². The van der Waals surface area contributed by atoms with Crippen LogP contribution < -0.4 is 0 Å². The molecule has 1 aliphatic carbocycles. The molecule has 0 radical (unpaired) electrons. The predicted molar refractivity (Wildman–Crippen MR) is 55.0 cm³/mol. The highest BCUT2D eigenvalue weighted by molar-refractivity contribution is 7.41. The standard InChI is InChI=1S/C10H15P/c1-7-3-4-8(2)10-6-11-5-9(7)10/h5-8,11H,3-4H2,1-2H3. The van der Waals surface area contributed by atoms with Gasteiger partial charge in [-0.15, -0.1) is 7.83 Å². The first-order valence-electron chi connectivity index (χ1n) is 4.45.